The van der Waals surface area contributed by atoms with E-state index in [2.05, 4.69) is 72.4 Å². The summed E-state index contributed by atoms with van der Waals surface area (Å²) in [6.07, 6.45) is 3.01. The van der Waals surface area contributed by atoms with Crippen molar-refractivity contribution >= 4 is 11.4 Å². The maximum Gasteiger partial charge on any atom is 0.0597 e. The third kappa shape index (κ3) is 3.61. The third-order valence-corrected chi connectivity index (χ3v) is 3.83. The first-order valence-corrected chi connectivity index (χ1v) is 7.67. The first-order chi connectivity index (χ1) is 10.2. The molecule has 1 atom stereocenters. The standard InChI is InChI=1S/C18H25N3/c1-5-17(19-4)18-11-10-16(13-20-18)21(6-2)15-9-7-8-14(3)12-15/h7-13,17,19H,5-6H2,1-4H3. The van der Waals surface area contributed by atoms with Crippen LogP contribution in [0.2, 0.25) is 0 Å². The Kier molecular flexibility index (Phi) is 5.34. The first-order valence-electron chi connectivity index (χ1n) is 7.67. The normalized spacial score (nSPS) is 12.2. The van der Waals surface area contributed by atoms with Crippen LogP contribution in [0.3, 0.4) is 0 Å². The summed E-state index contributed by atoms with van der Waals surface area (Å²) in [5.41, 5.74) is 4.73. The first kappa shape index (κ1) is 15.5. The molecule has 1 aromatic carbocycles. The van der Waals surface area contributed by atoms with Crippen LogP contribution in [0.1, 0.15) is 37.6 Å². The molecule has 0 aliphatic rings. The van der Waals surface area contributed by atoms with E-state index in [4.69, 9.17) is 0 Å². The zero-order chi connectivity index (χ0) is 15.2. The summed E-state index contributed by atoms with van der Waals surface area (Å²) in [6.45, 7) is 7.38. The summed E-state index contributed by atoms with van der Waals surface area (Å²) < 4.78 is 0. The molecule has 112 valence electrons. The molecule has 2 rings (SSSR count). The van der Waals surface area contributed by atoms with E-state index in [0.29, 0.717) is 6.04 Å². The maximum atomic E-state index is 4.63. The molecule has 0 fully saturated rings. The van der Waals surface area contributed by atoms with Crippen molar-refractivity contribution in [2.75, 3.05) is 18.5 Å². The van der Waals surface area contributed by atoms with E-state index in [0.717, 1.165) is 24.3 Å². The largest absolute Gasteiger partial charge is 0.341 e. The minimum atomic E-state index is 0.327. The van der Waals surface area contributed by atoms with Crippen molar-refractivity contribution in [3.63, 3.8) is 0 Å². The fourth-order valence-electron chi connectivity index (χ4n) is 2.63. The van der Waals surface area contributed by atoms with Gasteiger partial charge in [-0.1, -0.05) is 19.1 Å². The monoisotopic (exact) mass is 283 g/mol. The molecule has 0 bridgehead atoms. The molecule has 1 unspecified atom stereocenters. The van der Waals surface area contributed by atoms with E-state index >= 15 is 0 Å². The highest BCUT2D eigenvalue weighted by Gasteiger charge is 2.11. The van der Waals surface area contributed by atoms with E-state index < -0.39 is 0 Å². The fourth-order valence-corrected chi connectivity index (χ4v) is 2.63. The van der Waals surface area contributed by atoms with Crippen LogP contribution in [-0.2, 0) is 0 Å². The van der Waals surface area contributed by atoms with Crippen LogP contribution >= 0.6 is 0 Å². The number of pyridine rings is 1. The molecule has 0 radical (unpaired) electrons. The van der Waals surface area contributed by atoms with Crippen molar-refractivity contribution in [1.29, 1.82) is 0 Å². The lowest BCUT2D eigenvalue weighted by Crippen LogP contribution is -2.19. The molecule has 2 aromatic rings. The molecule has 3 nitrogen and oxygen atoms in total. The van der Waals surface area contributed by atoms with Crippen LogP contribution in [0.25, 0.3) is 0 Å². The highest BCUT2D eigenvalue weighted by Crippen LogP contribution is 2.26. The number of nitrogens with zero attached hydrogens (tertiary/aromatic N) is 2. The number of anilines is 2. The van der Waals surface area contributed by atoms with E-state index in [1.54, 1.807) is 0 Å². The summed E-state index contributed by atoms with van der Waals surface area (Å²) in [4.78, 5) is 6.92. The smallest absolute Gasteiger partial charge is 0.0597 e. The predicted octanol–water partition coefficient (Wildman–Crippen LogP) is 4.22. The van der Waals surface area contributed by atoms with Crippen LogP contribution < -0.4 is 10.2 Å². The Labute approximate surface area is 128 Å². The number of hydrogen-bond donors (Lipinski definition) is 1. The van der Waals surface area contributed by atoms with Crippen molar-refractivity contribution < 1.29 is 0 Å². The summed E-state index contributed by atoms with van der Waals surface area (Å²) in [5.74, 6) is 0. The Hall–Kier alpha value is -1.87. The van der Waals surface area contributed by atoms with Gasteiger partial charge in [-0.25, -0.2) is 0 Å². The summed E-state index contributed by atoms with van der Waals surface area (Å²) in [7, 11) is 1.98. The average molecular weight is 283 g/mol. The van der Waals surface area contributed by atoms with E-state index in [-0.39, 0.29) is 0 Å². The van der Waals surface area contributed by atoms with Gasteiger partial charge in [0.25, 0.3) is 0 Å². The molecule has 0 aliphatic heterocycles. The quantitative estimate of drug-likeness (QED) is 0.860. The lowest BCUT2D eigenvalue weighted by molar-refractivity contribution is 0.561. The molecule has 0 saturated carbocycles. The van der Waals surface area contributed by atoms with Crippen molar-refractivity contribution in [2.45, 2.75) is 33.2 Å². The second-order valence-corrected chi connectivity index (χ2v) is 5.27. The third-order valence-electron chi connectivity index (χ3n) is 3.83. The number of rotatable bonds is 6. The van der Waals surface area contributed by atoms with Crippen LogP contribution in [0.15, 0.2) is 42.6 Å². The molecule has 0 aliphatic carbocycles. The minimum Gasteiger partial charge on any atom is -0.341 e. The van der Waals surface area contributed by atoms with Gasteiger partial charge in [0.15, 0.2) is 0 Å². The van der Waals surface area contributed by atoms with Gasteiger partial charge in [-0.15, -0.1) is 0 Å². The van der Waals surface area contributed by atoms with Crippen molar-refractivity contribution in [3.05, 3.63) is 53.9 Å². The summed E-state index contributed by atoms with van der Waals surface area (Å²) in [5, 5.41) is 3.29. The number of benzene rings is 1. The van der Waals surface area contributed by atoms with Crippen molar-refractivity contribution in [1.82, 2.24) is 10.3 Å². The van der Waals surface area contributed by atoms with Gasteiger partial charge >= 0.3 is 0 Å². The van der Waals surface area contributed by atoms with Gasteiger partial charge in [0.1, 0.15) is 0 Å². The second-order valence-electron chi connectivity index (χ2n) is 5.27. The molecule has 1 aromatic heterocycles. The zero-order valence-corrected chi connectivity index (χ0v) is 13.4. The Bertz CT molecular complexity index is 559. The molecule has 21 heavy (non-hydrogen) atoms. The summed E-state index contributed by atoms with van der Waals surface area (Å²) in [6, 6.07) is 13.2. The number of hydrogen-bond acceptors (Lipinski definition) is 3. The van der Waals surface area contributed by atoms with Crippen LogP contribution in [-0.4, -0.2) is 18.6 Å². The Morgan fingerprint density at radius 1 is 1.14 bits per heavy atom. The van der Waals surface area contributed by atoms with Gasteiger partial charge in [0.2, 0.25) is 0 Å². The number of aryl methyl sites for hydroxylation is 1. The number of aromatic nitrogens is 1. The highest BCUT2D eigenvalue weighted by molar-refractivity contribution is 5.63. The Balaban J connectivity index is 2.27. The topological polar surface area (TPSA) is 28.2 Å². The molecule has 3 heteroatoms. The van der Waals surface area contributed by atoms with Gasteiger partial charge in [-0.3, -0.25) is 4.98 Å². The molecule has 0 amide bonds. The zero-order valence-electron chi connectivity index (χ0n) is 13.4. The lowest BCUT2D eigenvalue weighted by atomic mass is 10.1. The van der Waals surface area contributed by atoms with Gasteiger partial charge < -0.3 is 10.2 Å². The average Bonchev–Trinajstić information content (AvgIpc) is 2.51. The van der Waals surface area contributed by atoms with Crippen LogP contribution in [0.5, 0.6) is 0 Å². The molecular formula is C18H25N3. The SMILES string of the molecule is CCC(NC)c1ccc(N(CC)c2cccc(C)c2)cn1. The summed E-state index contributed by atoms with van der Waals surface area (Å²) >= 11 is 0. The predicted molar refractivity (Wildman–Crippen MR) is 90.2 cm³/mol. The fraction of sp³-hybridized carbons (Fsp3) is 0.389. The van der Waals surface area contributed by atoms with Crippen LogP contribution in [0, 0.1) is 6.92 Å². The second kappa shape index (κ2) is 7.23. The maximum absolute atomic E-state index is 4.63. The van der Waals surface area contributed by atoms with Gasteiger partial charge in [-0.05, 0) is 57.1 Å². The van der Waals surface area contributed by atoms with Crippen LogP contribution in [0.4, 0.5) is 11.4 Å². The number of nitrogens with one attached hydrogen (secondary N) is 1. The minimum absolute atomic E-state index is 0.327. The van der Waals surface area contributed by atoms with Gasteiger partial charge in [0.05, 0.1) is 17.6 Å². The molecule has 1 heterocycles. The van der Waals surface area contributed by atoms with E-state index in [9.17, 15) is 0 Å². The lowest BCUT2D eigenvalue weighted by Gasteiger charge is -2.24. The van der Waals surface area contributed by atoms with Crippen molar-refractivity contribution in [3.8, 4) is 0 Å². The Morgan fingerprint density at radius 2 is 1.95 bits per heavy atom. The molecule has 0 saturated heterocycles. The van der Waals surface area contributed by atoms with E-state index in [1.165, 1.54) is 11.3 Å². The molecular weight excluding hydrogens is 258 g/mol. The Morgan fingerprint density at radius 3 is 2.48 bits per heavy atom. The van der Waals surface area contributed by atoms with Gasteiger partial charge in [-0.2, -0.15) is 0 Å². The van der Waals surface area contributed by atoms with Gasteiger partial charge in [0, 0.05) is 18.3 Å². The highest BCUT2D eigenvalue weighted by atomic mass is 15.1. The van der Waals surface area contributed by atoms with E-state index in [1.807, 2.05) is 13.2 Å². The molecule has 1 N–H and O–H groups in total. The van der Waals surface area contributed by atoms with Crippen molar-refractivity contribution in [2.24, 2.45) is 0 Å². The molecule has 0 spiro atoms.